The molecule has 35 heavy (non-hydrogen) atoms. The number of hydrogen-bond donors (Lipinski definition) is 1. The summed E-state index contributed by atoms with van der Waals surface area (Å²) >= 11 is 1.54. The molecule has 8 nitrogen and oxygen atoms in total. The van der Waals surface area contributed by atoms with E-state index in [0.29, 0.717) is 24.8 Å². The average Bonchev–Trinajstić information content (AvgIpc) is 3.46. The zero-order chi connectivity index (χ0) is 25.2. The van der Waals surface area contributed by atoms with Crippen LogP contribution in [0, 0.1) is 11.3 Å². The number of methoxy groups -OCH3 is 1. The van der Waals surface area contributed by atoms with Gasteiger partial charge in [-0.3, -0.25) is 4.79 Å². The number of sulfonamides is 1. The van der Waals surface area contributed by atoms with Gasteiger partial charge in [0, 0.05) is 17.8 Å². The highest BCUT2D eigenvalue weighted by molar-refractivity contribution is 7.90. The minimum atomic E-state index is -3.81. The highest BCUT2D eigenvalue weighted by Crippen LogP contribution is 2.41. The van der Waals surface area contributed by atoms with Crippen molar-refractivity contribution in [3.05, 3.63) is 58.3 Å². The normalized spacial score (nSPS) is 19.6. The Hall–Kier alpha value is -2.84. The standard InChI is InChI=1S/C25H27N3O5S2/c1-15(2)33-22-10-7-16(11-17(22)12-26)25-27-13-23(34-25)20-6-4-5-19-18(20)8-9-21(19)28-35(30,31)14-24(29)32-3/h4-7,11,13,15,21-22,28H,8-10,14H2,1-3H3/t21-,22?/m0/s1. The lowest BCUT2D eigenvalue weighted by atomic mass is 9.97. The molecule has 0 saturated heterocycles. The van der Waals surface area contributed by atoms with Crippen LogP contribution in [0.2, 0.25) is 0 Å². The van der Waals surface area contributed by atoms with E-state index < -0.39 is 27.8 Å². The largest absolute Gasteiger partial charge is 0.468 e. The Morgan fingerprint density at radius 3 is 2.89 bits per heavy atom. The van der Waals surface area contributed by atoms with Crippen LogP contribution in [0.4, 0.5) is 0 Å². The molecular formula is C25H27N3O5S2. The molecule has 0 spiro atoms. The van der Waals surface area contributed by atoms with Gasteiger partial charge in [-0.1, -0.05) is 24.3 Å². The molecule has 2 aliphatic carbocycles. The number of carbonyl (C=O) groups excluding carboxylic acids is 1. The number of carbonyl (C=O) groups is 1. The zero-order valence-electron chi connectivity index (χ0n) is 19.8. The Bertz CT molecular complexity index is 1340. The Morgan fingerprint density at radius 1 is 1.37 bits per heavy atom. The van der Waals surface area contributed by atoms with Crippen molar-refractivity contribution in [3.8, 4) is 16.5 Å². The van der Waals surface area contributed by atoms with E-state index in [1.807, 2.05) is 44.3 Å². The maximum Gasteiger partial charge on any atom is 0.322 e. The van der Waals surface area contributed by atoms with Gasteiger partial charge in [0.1, 0.15) is 5.01 Å². The van der Waals surface area contributed by atoms with Crippen LogP contribution in [0.25, 0.3) is 16.0 Å². The molecule has 0 amide bonds. The molecule has 4 rings (SSSR count). The van der Waals surface area contributed by atoms with Crippen molar-refractivity contribution in [1.29, 1.82) is 5.26 Å². The molecule has 0 aliphatic heterocycles. The number of esters is 1. The Labute approximate surface area is 209 Å². The third-order valence-corrected chi connectivity index (χ3v) is 8.26. The molecule has 184 valence electrons. The SMILES string of the molecule is COC(=O)CS(=O)(=O)N[C@H]1CCc2c(-c3cnc(C4=CCC(OC(C)C)C(C#N)=C4)s3)cccc21. The van der Waals surface area contributed by atoms with Gasteiger partial charge in [0.25, 0.3) is 0 Å². The van der Waals surface area contributed by atoms with Gasteiger partial charge in [-0.15, -0.1) is 11.3 Å². The predicted octanol–water partition coefficient (Wildman–Crippen LogP) is 3.92. The lowest BCUT2D eigenvalue weighted by Crippen LogP contribution is -2.33. The number of rotatable bonds is 8. The number of ether oxygens (including phenoxy) is 2. The molecule has 2 aromatic rings. The summed E-state index contributed by atoms with van der Waals surface area (Å²) in [7, 11) is -2.65. The summed E-state index contributed by atoms with van der Waals surface area (Å²) in [6.45, 7) is 3.91. The topological polar surface area (TPSA) is 118 Å². The van der Waals surface area contributed by atoms with E-state index in [1.165, 1.54) is 11.3 Å². The van der Waals surface area contributed by atoms with E-state index in [4.69, 9.17) is 4.74 Å². The lowest BCUT2D eigenvalue weighted by molar-refractivity contribution is -0.137. The van der Waals surface area contributed by atoms with Gasteiger partial charge in [-0.05, 0) is 55.9 Å². The van der Waals surface area contributed by atoms with Crippen LogP contribution in [0.3, 0.4) is 0 Å². The molecule has 10 heteroatoms. The number of nitrogens with zero attached hydrogens (tertiary/aromatic N) is 2. The highest BCUT2D eigenvalue weighted by Gasteiger charge is 2.30. The van der Waals surface area contributed by atoms with Crippen LogP contribution in [-0.4, -0.2) is 44.4 Å². The van der Waals surface area contributed by atoms with E-state index in [0.717, 1.165) is 39.3 Å². The number of nitriles is 1. The summed E-state index contributed by atoms with van der Waals surface area (Å²) in [4.78, 5) is 17.0. The number of benzene rings is 1. The monoisotopic (exact) mass is 513 g/mol. The van der Waals surface area contributed by atoms with Crippen LogP contribution in [-0.2, 0) is 30.7 Å². The van der Waals surface area contributed by atoms with Gasteiger partial charge in [0.2, 0.25) is 10.0 Å². The Kier molecular flexibility index (Phi) is 7.52. The maximum absolute atomic E-state index is 12.4. The van der Waals surface area contributed by atoms with Gasteiger partial charge in [-0.25, -0.2) is 18.1 Å². The molecular weight excluding hydrogens is 486 g/mol. The molecule has 1 N–H and O–H groups in total. The van der Waals surface area contributed by atoms with Crippen molar-refractivity contribution in [1.82, 2.24) is 9.71 Å². The summed E-state index contributed by atoms with van der Waals surface area (Å²) in [5, 5.41) is 10.4. The van der Waals surface area contributed by atoms with Crippen molar-refractivity contribution >= 4 is 32.9 Å². The van der Waals surface area contributed by atoms with Crippen molar-refractivity contribution in [2.75, 3.05) is 12.9 Å². The second-order valence-electron chi connectivity index (χ2n) is 8.73. The average molecular weight is 514 g/mol. The van der Waals surface area contributed by atoms with E-state index in [2.05, 4.69) is 26.6 Å². The first-order chi connectivity index (χ1) is 16.7. The van der Waals surface area contributed by atoms with Crippen LogP contribution in [0.15, 0.2) is 42.1 Å². The number of fused-ring (bicyclic) bond motifs is 1. The van der Waals surface area contributed by atoms with E-state index in [-0.39, 0.29) is 12.2 Å². The third kappa shape index (κ3) is 5.70. The fourth-order valence-electron chi connectivity index (χ4n) is 4.40. The minimum absolute atomic E-state index is 0.0344. The molecule has 0 fully saturated rings. The smallest absolute Gasteiger partial charge is 0.322 e. The Morgan fingerprint density at radius 2 is 2.17 bits per heavy atom. The van der Waals surface area contributed by atoms with Gasteiger partial charge < -0.3 is 9.47 Å². The summed E-state index contributed by atoms with van der Waals surface area (Å²) in [5.74, 6) is -1.50. The van der Waals surface area contributed by atoms with Crippen molar-refractivity contribution in [3.63, 3.8) is 0 Å². The molecule has 1 heterocycles. The van der Waals surface area contributed by atoms with Gasteiger partial charge in [-0.2, -0.15) is 5.26 Å². The van der Waals surface area contributed by atoms with Crippen LogP contribution in [0.5, 0.6) is 0 Å². The van der Waals surface area contributed by atoms with Crippen LogP contribution >= 0.6 is 11.3 Å². The molecule has 2 atom stereocenters. The van der Waals surface area contributed by atoms with Gasteiger partial charge in [0.15, 0.2) is 5.75 Å². The van der Waals surface area contributed by atoms with Crippen molar-refractivity contribution < 1.29 is 22.7 Å². The minimum Gasteiger partial charge on any atom is -0.468 e. The molecule has 0 radical (unpaired) electrons. The molecule has 0 bridgehead atoms. The fraction of sp³-hybridized carbons (Fsp3) is 0.400. The fourth-order valence-corrected chi connectivity index (χ4v) is 6.57. The molecule has 1 aromatic heterocycles. The first-order valence-corrected chi connectivity index (χ1v) is 13.8. The van der Waals surface area contributed by atoms with Crippen LogP contribution < -0.4 is 4.72 Å². The van der Waals surface area contributed by atoms with E-state index in [9.17, 15) is 18.5 Å². The number of nitrogens with one attached hydrogen (secondary N) is 1. The van der Waals surface area contributed by atoms with Crippen molar-refractivity contribution in [2.45, 2.75) is 51.4 Å². The second kappa shape index (κ2) is 10.4. The second-order valence-corrected chi connectivity index (χ2v) is 11.5. The van der Waals surface area contributed by atoms with Gasteiger partial charge in [0.05, 0.1) is 35.8 Å². The summed E-state index contributed by atoms with van der Waals surface area (Å²) in [6.07, 6.45) is 7.46. The number of thiazole rings is 1. The molecule has 1 unspecified atom stereocenters. The first-order valence-electron chi connectivity index (χ1n) is 11.3. The predicted molar refractivity (Wildman–Crippen MR) is 134 cm³/mol. The number of hydrogen-bond acceptors (Lipinski definition) is 8. The zero-order valence-corrected chi connectivity index (χ0v) is 21.4. The number of aromatic nitrogens is 1. The Balaban J connectivity index is 1.56. The van der Waals surface area contributed by atoms with Crippen molar-refractivity contribution in [2.24, 2.45) is 0 Å². The summed E-state index contributed by atoms with van der Waals surface area (Å²) < 4.78 is 37.7. The summed E-state index contributed by atoms with van der Waals surface area (Å²) in [5.41, 5.74) is 4.49. The molecule has 2 aliphatic rings. The van der Waals surface area contributed by atoms with Gasteiger partial charge >= 0.3 is 5.97 Å². The lowest BCUT2D eigenvalue weighted by Gasteiger charge is -2.21. The van der Waals surface area contributed by atoms with E-state index >= 15 is 0 Å². The molecule has 0 saturated carbocycles. The first kappa shape index (κ1) is 25.3. The summed E-state index contributed by atoms with van der Waals surface area (Å²) in [6, 6.07) is 7.70. The van der Waals surface area contributed by atoms with Crippen LogP contribution in [0.1, 0.15) is 48.9 Å². The highest BCUT2D eigenvalue weighted by atomic mass is 32.2. The quantitative estimate of drug-likeness (QED) is 0.532. The van der Waals surface area contributed by atoms with E-state index in [1.54, 1.807) is 0 Å². The number of allylic oxidation sites excluding steroid dienone is 2. The third-order valence-electron chi connectivity index (χ3n) is 5.92. The maximum atomic E-state index is 12.4. The molecule has 1 aromatic carbocycles.